The van der Waals surface area contributed by atoms with E-state index >= 15 is 0 Å². The number of oxime groups is 1. The number of rotatable bonds is 6. The van der Waals surface area contributed by atoms with Gasteiger partial charge in [-0.2, -0.15) is 0 Å². The van der Waals surface area contributed by atoms with Crippen LogP contribution in [-0.4, -0.2) is 39.0 Å². The van der Waals surface area contributed by atoms with Crippen LogP contribution >= 0.6 is 0 Å². The lowest BCUT2D eigenvalue weighted by molar-refractivity contribution is -0.122. The van der Waals surface area contributed by atoms with E-state index in [0.717, 1.165) is 22.5 Å². The van der Waals surface area contributed by atoms with Crippen molar-refractivity contribution in [3.63, 3.8) is 0 Å². The molecule has 0 N–H and O–H groups in total. The summed E-state index contributed by atoms with van der Waals surface area (Å²) in [5.41, 5.74) is 3.71. The Labute approximate surface area is 120 Å². The number of ether oxygens (including phenoxy) is 1. The van der Waals surface area contributed by atoms with Crippen molar-refractivity contribution in [2.24, 2.45) is 5.16 Å². The summed E-state index contributed by atoms with van der Waals surface area (Å²) in [6, 6.07) is 5.94. The highest BCUT2D eigenvalue weighted by atomic mass is 16.6. The number of para-hydroxylation sites is 1. The molecule has 0 fully saturated rings. The number of hydrogen-bond donors (Lipinski definition) is 0. The summed E-state index contributed by atoms with van der Waals surface area (Å²) in [5, 5.41) is 3.87. The number of carbonyl (C=O) groups is 1. The van der Waals surface area contributed by atoms with E-state index < -0.39 is 0 Å². The standard InChI is InChI=1S/C15H22N2O3/c1-11-7-6-8-12(2)15(11)17(14(18)10-19-4)9-13(3)16-20-5/h6-8H,9-10H2,1-5H3. The zero-order valence-electron chi connectivity index (χ0n) is 12.8. The van der Waals surface area contributed by atoms with Crippen molar-refractivity contribution in [1.82, 2.24) is 0 Å². The smallest absolute Gasteiger partial charge is 0.253 e. The SMILES string of the molecule is COCC(=O)N(CC(C)=NOC)c1c(C)cccc1C. The fraction of sp³-hybridized carbons (Fsp3) is 0.467. The van der Waals surface area contributed by atoms with Gasteiger partial charge in [0, 0.05) is 12.8 Å². The van der Waals surface area contributed by atoms with Crippen LogP contribution in [0, 0.1) is 13.8 Å². The van der Waals surface area contributed by atoms with Gasteiger partial charge in [0.05, 0.1) is 12.3 Å². The maximum absolute atomic E-state index is 12.3. The maximum Gasteiger partial charge on any atom is 0.253 e. The third-order valence-electron chi connectivity index (χ3n) is 2.91. The van der Waals surface area contributed by atoms with E-state index in [2.05, 4.69) is 5.16 Å². The summed E-state index contributed by atoms with van der Waals surface area (Å²) in [6.07, 6.45) is 0. The summed E-state index contributed by atoms with van der Waals surface area (Å²) >= 11 is 0. The first-order valence-electron chi connectivity index (χ1n) is 6.43. The van der Waals surface area contributed by atoms with Crippen LogP contribution in [0.25, 0.3) is 0 Å². The summed E-state index contributed by atoms with van der Waals surface area (Å²) in [7, 11) is 3.00. The van der Waals surface area contributed by atoms with E-state index in [1.54, 1.807) is 4.90 Å². The second-order valence-electron chi connectivity index (χ2n) is 4.66. The average molecular weight is 278 g/mol. The molecule has 0 bridgehead atoms. The topological polar surface area (TPSA) is 51.1 Å². The van der Waals surface area contributed by atoms with Crippen LogP contribution in [0.5, 0.6) is 0 Å². The predicted molar refractivity (Wildman–Crippen MR) is 80.3 cm³/mol. The molecule has 0 radical (unpaired) electrons. The number of methoxy groups -OCH3 is 1. The number of amides is 1. The predicted octanol–water partition coefficient (Wildman–Crippen LogP) is 2.31. The fourth-order valence-corrected chi connectivity index (χ4v) is 2.14. The molecule has 0 aliphatic heterocycles. The largest absolute Gasteiger partial charge is 0.399 e. The van der Waals surface area contributed by atoms with E-state index in [0.29, 0.717) is 6.54 Å². The molecule has 5 heteroatoms. The van der Waals surface area contributed by atoms with Crippen LogP contribution in [0.15, 0.2) is 23.4 Å². The molecule has 1 aromatic carbocycles. The molecule has 0 saturated heterocycles. The molecule has 1 amide bonds. The lowest BCUT2D eigenvalue weighted by atomic mass is 10.1. The molecular formula is C15H22N2O3. The van der Waals surface area contributed by atoms with Gasteiger partial charge in [0.15, 0.2) is 0 Å². The number of benzene rings is 1. The second-order valence-corrected chi connectivity index (χ2v) is 4.66. The van der Waals surface area contributed by atoms with Gasteiger partial charge in [0.2, 0.25) is 0 Å². The molecular weight excluding hydrogens is 256 g/mol. The Morgan fingerprint density at radius 3 is 2.35 bits per heavy atom. The molecule has 5 nitrogen and oxygen atoms in total. The van der Waals surface area contributed by atoms with Crippen LogP contribution in [0.1, 0.15) is 18.1 Å². The lowest BCUT2D eigenvalue weighted by Gasteiger charge is -2.25. The molecule has 1 rings (SSSR count). The third kappa shape index (κ3) is 4.06. The second kappa shape index (κ2) is 7.65. The Bertz CT molecular complexity index is 478. The first kappa shape index (κ1) is 16.2. The minimum atomic E-state index is -0.101. The molecule has 0 heterocycles. The van der Waals surface area contributed by atoms with Crippen molar-refractivity contribution in [2.75, 3.05) is 32.3 Å². The van der Waals surface area contributed by atoms with Crippen LogP contribution in [0.4, 0.5) is 5.69 Å². The van der Waals surface area contributed by atoms with Gasteiger partial charge in [-0.05, 0) is 31.9 Å². The monoisotopic (exact) mass is 278 g/mol. The van der Waals surface area contributed by atoms with Gasteiger partial charge < -0.3 is 14.5 Å². The van der Waals surface area contributed by atoms with Crippen molar-refractivity contribution >= 4 is 17.3 Å². The molecule has 0 aliphatic rings. The number of carbonyl (C=O) groups excluding carboxylic acids is 1. The number of nitrogens with zero attached hydrogens (tertiary/aromatic N) is 2. The summed E-state index contributed by atoms with van der Waals surface area (Å²) in [5.74, 6) is -0.101. The molecule has 0 spiro atoms. The Kier molecular flexibility index (Phi) is 6.18. The Hall–Kier alpha value is -1.88. The van der Waals surface area contributed by atoms with Gasteiger partial charge in [-0.15, -0.1) is 0 Å². The van der Waals surface area contributed by atoms with Gasteiger partial charge in [0.25, 0.3) is 5.91 Å². The molecule has 20 heavy (non-hydrogen) atoms. The highest BCUT2D eigenvalue weighted by Gasteiger charge is 2.20. The maximum atomic E-state index is 12.3. The highest BCUT2D eigenvalue weighted by molar-refractivity contribution is 6.01. The molecule has 0 aliphatic carbocycles. The van der Waals surface area contributed by atoms with Crippen molar-refractivity contribution in [3.8, 4) is 0 Å². The van der Waals surface area contributed by atoms with Crippen molar-refractivity contribution in [3.05, 3.63) is 29.3 Å². The summed E-state index contributed by atoms with van der Waals surface area (Å²) < 4.78 is 4.97. The first-order valence-corrected chi connectivity index (χ1v) is 6.43. The number of hydrogen-bond acceptors (Lipinski definition) is 4. The molecule has 0 saturated carbocycles. The van der Waals surface area contributed by atoms with Crippen LogP contribution < -0.4 is 4.90 Å². The van der Waals surface area contributed by atoms with Gasteiger partial charge in [-0.3, -0.25) is 4.79 Å². The van der Waals surface area contributed by atoms with Crippen LogP contribution in [0.2, 0.25) is 0 Å². The van der Waals surface area contributed by atoms with E-state index in [1.807, 2.05) is 39.0 Å². The lowest BCUT2D eigenvalue weighted by Crippen LogP contribution is -2.38. The van der Waals surface area contributed by atoms with Gasteiger partial charge in [0.1, 0.15) is 13.7 Å². The van der Waals surface area contributed by atoms with Crippen LogP contribution in [-0.2, 0) is 14.4 Å². The average Bonchev–Trinajstić information content (AvgIpc) is 2.37. The normalized spacial score (nSPS) is 11.3. The Morgan fingerprint density at radius 2 is 1.85 bits per heavy atom. The molecule has 0 unspecified atom stereocenters. The summed E-state index contributed by atoms with van der Waals surface area (Å²) in [6.45, 7) is 6.20. The van der Waals surface area contributed by atoms with Gasteiger partial charge in [-0.1, -0.05) is 23.4 Å². The first-order chi connectivity index (χ1) is 9.51. The number of aryl methyl sites for hydroxylation is 2. The molecule has 0 atom stereocenters. The Morgan fingerprint density at radius 1 is 1.25 bits per heavy atom. The van der Waals surface area contributed by atoms with Gasteiger partial charge in [-0.25, -0.2) is 0 Å². The Balaban J connectivity index is 3.16. The van der Waals surface area contributed by atoms with Crippen molar-refractivity contribution in [2.45, 2.75) is 20.8 Å². The molecule has 110 valence electrons. The summed E-state index contributed by atoms with van der Waals surface area (Å²) in [4.78, 5) is 18.7. The highest BCUT2D eigenvalue weighted by Crippen LogP contribution is 2.24. The van der Waals surface area contributed by atoms with Crippen LogP contribution in [0.3, 0.4) is 0 Å². The van der Waals surface area contributed by atoms with E-state index in [1.165, 1.54) is 14.2 Å². The third-order valence-corrected chi connectivity index (χ3v) is 2.91. The zero-order chi connectivity index (χ0) is 15.1. The van der Waals surface area contributed by atoms with E-state index in [-0.39, 0.29) is 12.5 Å². The zero-order valence-corrected chi connectivity index (χ0v) is 12.8. The molecule has 0 aromatic heterocycles. The van der Waals surface area contributed by atoms with Gasteiger partial charge >= 0.3 is 0 Å². The fourth-order valence-electron chi connectivity index (χ4n) is 2.14. The number of anilines is 1. The van der Waals surface area contributed by atoms with E-state index in [4.69, 9.17) is 9.57 Å². The minimum Gasteiger partial charge on any atom is -0.399 e. The van der Waals surface area contributed by atoms with Crippen molar-refractivity contribution < 1.29 is 14.4 Å². The minimum absolute atomic E-state index is 0.0358. The van der Waals surface area contributed by atoms with Crippen molar-refractivity contribution in [1.29, 1.82) is 0 Å². The molecule has 1 aromatic rings. The quantitative estimate of drug-likeness (QED) is 0.592. The van der Waals surface area contributed by atoms with E-state index in [9.17, 15) is 4.79 Å².